The quantitative estimate of drug-likeness (QED) is 0.640. The van der Waals surface area contributed by atoms with E-state index >= 15 is 0 Å². The summed E-state index contributed by atoms with van der Waals surface area (Å²) in [6.07, 6.45) is 5.72. The Morgan fingerprint density at radius 2 is 2.27 bits per heavy atom. The highest BCUT2D eigenvalue weighted by atomic mass is 16.5. The minimum atomic E-state index is 0.828. The standard InChI is InChI=1S/C12H24N2O/c1-15-8-6-13-5-2-7-14-10-11-3-4-12(14)9-11/h11-13H,2-10H2,1H3. The second-order valence-corrected chi connectivity index (χ2v) is 4.92. The van der Waals surface area contributed by atoms with E-state index in [1.807, 2.05) is 0 Å². The van der Waals surface area contributed by atoms with E-state index in [-0.39, 0.29) is 0 Å². The molecule has 2 aliphatic rings. The maximum atomic E-state index is 4.99. The van der Waals surface area contributed by atoms with E-state index in [1.54, 1.807) is 7.11 Å². The van der Waals surface area contributed by atoms with Crippen molar-refractivity contribution in [1.29, 1.82) is 0 Å². The Morgan fingerprint density at radius 3 is 2.93 bits per heavy atom. The van der Waals surface area contributed by atoms with Crippen molar-refractivity contribution in [1.82, 2.24) is 10.2 Å². The van der Waals surface area contributed by atoms with Gasteiger partial charge in [0.15, 0.2) is 0 Å². The molecule has 3 heteroatoms. The summed E-state index contributed by atoms with van der Waals surface area (Å²) >= 11 is 0. The first-order chi connectivity index (χ1) is 7.40. The Morgan fingerprint density at radius 1 is 1.33 bits per heavy atom. The van der Waals surface area contributed by atoms with Crippen LogP contribution in [0.2, 0.25) is 0 Å². The molecule has 2 atom stereocenters. The smallest absolute Gasteiger partial charge is 0.0587 e. The molecule has 0 aromatic rings. The van der Waals surface area contributed by atoms with Gasteiger partial charge in [-0.2, -0.15) is 0 Å². The van der Waals surface area contributed by atoms with Gasteiger partial charge in [0.2, 0.25) is 0 Å². The Hall–Kier alpha value is -0.120. The third-order valence-corrected chi connectivity index (χ3v) is 3.80. The van der Waals surface area contributed by atoms with Crippen LogP contribution in [-0.2, 0) is 4.74 Å². The molecule has 2 bridgehead atoms. The molecule has 1 saturated carbocycles. The number of nitrogens with one attached hydrogen (secondary N) is 1. The minimum absolute atomic E-state index is 0.828. The van der Waals surface area contributed by atoms with E-state index in [2.05, 4.69) is 10.2 Å². The van der Waals surface area contributed by atoms with Crippen molar-refractivity contribution < 1.29 is 4.74 Å². The van der Waals surface area contributed by atoms with E-state index in [1.165, 1.54) is 38.8 Å². The third kappa shape index (κ3) is 3.16. The Labute approximate surface area is 93.2 Å². The van der Waals surface area contributed by atoms with E-state index in [4.69, 9.17) is 4.74 Å². The van der Waals surface area contributed by atoms with E-state index in [0.29, 0.717) is 0 Å². The van der Waals surface area contributed by atoms with Crippen molar-refractivity contribution in [3.63, 3.8) is 0 Å². The molecular formula is C12H24N2O. The lowest BCUT2D eigenvalue weighted by atomic mass is 10.1. The van der Waals surface area contributed by atoms with Crippen LogP contribution in [0, 0.1) is 5.92 Å². The van der Waals surface area contributed by atoms with Crippen molar-refractivity contribution in [3.8, 4) is 0 Å². The number of nitrogens with zero attached hydrogens (tertiary/aromatic N) is 1. The van der Waals surface area contributed by atoms with Gasteiger partial charge in [-0.25, -0.2) is 0 Å². The molecule has 2 fully saturated rings. The van der Waals surface area contributed by atoms with Gasteiger partial charge in [-0.1, -0.05) is 0 Å². The number of likely N-dealkylation sites (tertiary alicyclic amines) is 1. The summed E-state index contributed by atoms with van der Waals surface area (Å²) in [5.74, 6) is 1.04. The topological polar surface area (TPSA) is 24.5 Å². The SMILES string of the molecule is COCCNCCCN1CC2CCC1C2. The minimum Gasteiger partial charge on any atom is -0.383 e. The van der Waals surface area contributed by atoms with Crippen molar-refractivity contribution >= 4 is 0 Å². The molecule has 1 heterocycles. The Bertz CT molecular complexity index is 186. The van der Waals surface area contributed by atoms with Crippen LogP contribution in [0.1, 0.15) is 25.7 Å². The predicted octanol–water partition coefficient (Wildman–Crippen LogP) is 1.10. The summed E-state index contributed by atoms with van der Waals surface area (Å²) in [4.78, 5) is 2.70. The lowest BCUT2D eigenvalue weighted by Gasteiger charge is -2.26. The van der Waals surface area contributed by atoms with Gasteiger partial charge >= 0.3 is 0 Å². The number of rotatable bonds is 7. The number of piperidine rings is 1. The van der Waals surface area contributed by atoms with Crippen LogP contribution < -0.4 is 5.32 Å². The number of ether oxygens (including phenoxy) is 1. The molecule has 15 heavy (non-hydrogen) atoms. The second-order valence-electron chi connectivity index (χ2n) is 4.92. The average molecular weight is 212 g/mol. The average Bonchev–Trinajstić information content (AvgIpc) is 2.85. The molecule has 1 N–H and O–H groups in total. The van der Waals surface area contributed by atoms with Gasteiger partial charge in [0.05, 0.1) is 6.61 Å². The molecule has 0 amide bonds. The number of fused-ring (bicyclic) bond motifs is 2. The lowest BCUT2D eigenvalue weighted by Crippen LogP contribution is -2.34. The van der Waals surface area contributed by atoms with E-state index < -0.39 is 0 Å². The lowest BCUT2D eigenvalue weighted by molar-refractivity contribution is 0.194. The predicted molar refractivity (Wildman–Crippen MR) is 62.1 cm³/mol. The van der Waals surface area contributed by atoms with Gasteiger partial charge in [-0.05, 0) is 44.7 Å². The van der Waals surface area contributed by atoms with Gasteiger partial charge < -0.3 is 15.0 Å². The first kappa shape index (κ1) is 11.4. The highest BCUT2D eigenvalue weighted by Crippen LogP contribution is 2.37. The van der Waals surface area contributed by atoms with E-state index in [9.17, 15) is 0 Å². The van der Waals surface area contributed by atoms with Gasteiger partial charge in [0.1, 0.15) is 0 Å². The molecule has 0 radical (unpaired) electrons. The molecule has 88 valence electrons. The zero-order chi connectivity index (χ0) is 10.5. The molecule has 2 unspecified atom stereocenters. The van der Waals surface area contributed by atoms with Crippen LogP contribution in [0.4, 0.5) is 0 Å². The summed E-state index contributed by atoms with van der Waals surface area (Å²) in [6.45, 7) is 5.62. The maximum Gasteiger partial charge on any atom is 0.0587 e. The summed E-state index contributed by atoms with van der Waals surface area (Å²) in [5.41, 5.74) is 0. The second kappa shape index (κ2) is 5.83. The first-order valence-corrected chi connectivity index (χ1v) is 6.34. The van der Waals surface area contributed by atoms with Crippen LogP contribution in [0.25, 0.3) is 0 Å². The summed E-state index contributed by atoms with van der Waals surface area (Å²) < 4.78 is 4.99. The molecule has 1 saturated heterocycles. The molecule has 0 aromatic heterocycles. The molecular weight excluding hydrogens is 188 g/mol. The highest BCUT2D eigenvalue weighted by molar-refractivity contribution is 4.91. The molecule has 2 rings (SSSR count). The zero-order valence-corrected chi connectivity index (χ0v) is 9.87. The van der Waals surface area contributed by atoms with Crippen LogP contribution in [-0.4, -0.2) is 50.8 Å². The van der Waals surface area contributed by atoms with Gasteiger partial charge in [-0.3, -0.25) is 0 Å². The summed E-state index contributed by atoms with van der Waals surface area (Å²) in [7, 11) is 1.75. The largest absolute Gasteiger partial charge is 0.383 e. The molecule has 1 aliphatic heterocycles. The van der Waals surface area contributed by atoms with Gasteiger partial charge in [0, 0.05) is 26.2 Å². The molecule has 3 nitrogen and oxygen atoms in total. The summed E-state index contributed by atoms with van der Waals surface area (Å²) in [6, 6.07) is 0.939. The van der Waals surface area contributed by atoms with Crippen molar-refractivity contribution in [3.05, 3.63) is 0 Å². The van der Waals surface area contributed by atoms with Crippen LogP contribution in [0.5, 0.6) is 0 Å². The Kier molecular flexibility index (Phi) is 4.42. The molecule has 1 aliphatic carbocycles. The summed E-state index contributed by atoms with van der Waals surface area (Å²) in [5, 5.41) is 3.40. The normalized spacial score (nSPS) is 30.2. The number of methoxy groups -OCH3 is 1. The molecule has 0 aromatic carbocycles. The Balaban J connectivity index is 1.48. The number of hydrogen-bond acceptors (Lipinski definition) is 3. The van der Waals surface area contributed by atoms with Crippen LogP contribution in [0.15, 0.2) is 0 Å². The zero-order valence-electron chi connectivity index (χ0n) is 9.87. The fourth-order valence-corrected chi connectivity index (χ4v) is 3.01. The fourth-order valence-electron chi connectivity index (χ4n) is 3.01. The van der Waals surface area contributed by atoms with Crippen LogP contribution >= 0.6 is 0 Å². The van der Waals surface area contributed by atoms with E-state index in [0.717, 1.165) is 31.7 Å². The maximum absolute atomic E-state index is 4.99. The highest BCUT2D eigenvalue weighted by Gasteiger charge is 2.36. The first-order valence-electron chi connectivity index (χ1n) is 6.34. The van der Waals surface area contributed by atoms with Crippen molar-refractivity contribution in [2.24, 2.45) is 5.92 Å². The van der Waals surface area contributed by atoms with Gasteiger partial charge in [-0.15, -0.1) is 0 Å². The van der Waals surface area contributed by atoms with Crippen molar-refractivity contribution in [2.75, 3.05) is 39.9 Å². The van der Waals surface area contributed by atoms with Crippen LogP contribution in [0.3, 0.4) is 0 Å². The monoisotopic (exact) mass is 212 g/mol. The third-order valence-electron chi connectivity index (χ3n) is 3.80. The molecule has 0 spiro atoms. The fraction of sp³-hybridized carbons (Fsp3) is 1.00. The van der Waals surface area contributed by atoms with Gasteiger partial charge in [0.25, 0.3) is 0 Å². The number of hydrogen-bond donors (Lipinski definition) is 1. The van der Waals surface area contributed by atoms with Crippen molar-refractivity contribution in [2.45, 2.75) is 31.7 Å².